The Hall–Kier alpha value is -1.07. The van der Waals surface area contributed by atoms with Crippen molar-refractivity contribution in [1.82, 2.24) is 4.31 Å². The molecule has 0 radical (unpaired) electrons. The maximum Gasteiger partial charge on any atom is 0.242 e. The lowest BCUT2D eigenvalue weighted by Crippen LogP contribution is -2.22. The number of rotatable bonds is 2. The van der Waals surface area contributed by atoms with Gasteiger partial charge in [0.15, 0.2) is 0 Å². The summed E-state index contributed by atoms with van der Waals surface area (Å²) in [4.78, 5) is 0.227. The van der Waals surface area contributed by atoms with Gasteiger partial charge in [-0.15, -0.1) is 0 Å². The van der Waals surface area contributed by atoms with Gasteiger partial charge in [-0.1, -0.05) is 6.07 Å². The first-order valence-electron chi connectivity index (χ1n) is 4.14. The monoisotopic (exact) mass is 214 g/mol. The highest BCUT2D eigenvalue weighted by molar-refractivity contribution is 7.89. The van der Waals surface area contributed by atoms with Gasteiger partial charge in [-0.3, -0.25) is 0 Å². The molecule has 0 fully saturated rings. The van der Waals surface area contributed by atoms with Gasteiger partial charge in [-0.25, -0.2) is 12.7 Å². The number of hydrogen-bond acceptors (Lipinski definition) is 3. The molecule has 0 bridgehead atoms. The summed E-state index contributed by atoms with van der Waals surface area (Å²) in [6, 6.07) is 4.73. The van der Waals surface area contributed by atoms with E-state index in [-0.39, 0.29) is 4.90 Å². The average Bonchev–Trinajstić information content (AvgIpc) is 2.09. The minimum atomic E-state index is -3.36. The number of hydrogen-bond donors (Lipinski definition) is 1. The summed E-state index contributed by atoms with van der Waals surface area (Å²) in [6.07, 6.45) is 0. The fourth-order valence-corrected chi connectivity index (χ4v) is 1.93. The molecule has 78 valence electrons. The van der Waals surface area contributed by atoms with E-state index in [9.17, 15) is 8.42 Å². The van der Waals surface area contributed by atoms with Gasteiger partial charge in [0.05, 0.1) is 4.90 Å². The lowest BCUT2D eigenvalue weighted by molar-refractivity contribution is 0.521. The van der Waals surface area contributed by atoms with Crippen LogP contribution in [0.4, 0.5) is 5.69 Å². The van der Waals surface area contributed by atoms with Crippen LogP contribution in [0, 0.1) is 6.92 Å². The third-order valence-corrected chi connectivity index (χ3v) is 3.84. The van der Waals surface area contributed by atoms with E-state index in [4.69, 9.17) is 5.73 Å². The Morgan fingerprint density at radius 1 is 1.29 bits per heavy atom. The van der Waals surface area contributed by atoms with Crippen LogP contribution in [0.25, 0.3) is 0 Å². The smallest absolute Gasteiger partial charge is 0.242 e. The molecule has 4 nitrogen and oxygen atoms in total. The lowest BCUT2D eigenvalue weighted by atomic mass is 10.2. The predicted molar refractivity (Wildman–Crippen MR) is 56.5 cm³/mol. The third kappa shape index (κ3) is 1.88. The molecule has 0 aliphatic rings. The minimum Gasteiger partial charge on any atom is -0.398 e. The fourth-order valence-electron chi connectivity index (χ4n) is 0.990. The van der Waals surface area contributed by atoms with Crippen LogP contribution in [0.2, 0.25) is 0 Å². The highest BCUT2D eigenvalue weighted by atomic mass is 32.2. The summed E-state index contributed by atoms with van der Waals surface area (Å²) in [6.45, 7) is 1.83. The van der Waals surface area contributed by atoms with Gasteiger partial charge in [0.1, 0.15) is 0 Å². The van der Waals surface area contributed by atoms with Crippen molar-refractivity contribution in [2.45, 2.75) is 11.8 Å². The second-order valence-electron chi connectivity index (χ2n) is 3.31. The molecule has 5 heteroatoms. The maximum absolute atomic E-state index is 11.7. The van der Waals surface area contributed by atoms with E-state index in [2.05, 4.69) is 0 Å². The standard InChI is InChI=1S/C9H14N2O2S/c1-7-4-5-8(6-9(7)10)14(12,13)11(2)3/h4-6H,10H2,1-3H3. The quantitative estimate of drug-likeness (QED) is 0.742. The zero-order chi connectivity index (χ0) is 10.9. The van der Waals surface area contributed by atoms with Crippen LogP contribution in [0.1, 0.15) is 5.56 Å². The van der Waals surface area contributed by atoms with E-state index >= 15 is 0 Å². The first kappa shape index (κ1) is 11.0. The summed E-state index contributed by atoms with van der Waals surface area (Å²) in [5.41, 5.74) is 7.01. The van der Waals surface area contributed by atoms with Gasteiger partial charge in [-0.2, -0.15) is 0 Å². The van der Waals surface area contributed by atoms with Crippen LogP contribution in [0.15, 0.2) is 23.1 Å². The molecule has 0 aliphatic carbocycles. The maximum atomic E-state index is 11.7. The van der Waals surface area contributed by atoms with E-state index < -0.39 is 10.0 Å². The fraction of sp³-hybridized carbons (Fsp3) is 0.333. The number of aryl methyl sites for hydroxylation is 1. The van der Waals surface area contributed by atoms with Crippen LogP contribution >= 0.6 is 0 Å². The number of sulfonamides is 1. The van der Waals surface area contributed by atoms with Crippen molar-refractivity contribution in [1.29, 1.82) is 0 Å². The van der Waals surface area contributed by atoms with Crippen LogP contribution in [-0.4, -0.2) is 26.8 Å². The summed E-state index contributed by atoms with van der Waals surface area (Å²) in [7, 11) is -0.380. The molecular formula is C9H14N2O2S. The molecule has 1 aromatic rings. The normalized spacial score (nSPS) is 12.0. The predicted octanol–water partition coefficient (Wildman–Crippen LogP) is 0.828. The van der Waals surface area contributed by atoms with E-state index in [1.165, 1.54) is 20.2 Å². The van der Waals surface area contributed by atoms with Crippen LogP contribution in [0.5, 0.6) is 0 Å². The molecule has 14 heavy (non-hydrogen) atoms. The van der Waals surface area contributed by atoms with E-state index in [1.807, 2.05) is 6.92 Å². The molecule has 0 spiro atoms. The van der Waals surface area contributed by atoms with Gasteiger partial charge < -0.3 is 5.73 Å². The van der Waals surface area contributed by atoms with E-state index in [1.54, 1.807) is 12.1 Å². The highest BCUT2D eigenvalue weighted by Crippen LogP contribution is 2.18. The number of benzene rings is 1. The Kier molecular flexibility index (Phi) is 2.82. The minimum absolute atomic E-state index is 0.227. The summed E-state index contributed by atoms with van der Waals surface area (Å²) in [5.74, 6) is 0. The van der Waals surface area contributed by atoms with Gasteiger partial charge in [0.2, 0.25) is 10.0 Å². The van der Waals surface area contributed by atoms with Crippen molar-refractivity contribution < 1.29 is 8.42 Å². The van der Waals surface area contributed by atoms with E-state index in [0.29, 0.717) is 5.69 Å². The summed E-state index contributed by atoms with van der Waals surface area (Å²) < 4.78 is 24.5. The van der Waals surface area contributed by atoms with Crippen LogP contribution in [0.3, 0.4) is 0 Å². The SMILES string of the molecule is Cc1ccc(S(=O)(=O)N(C)C)cc1N. The molecule has 1 aromatic carbocycles. The number of nitrogens with zero attached hydrogens (tertiary/aromatic N) is 1. The number of anilines is 1. The largest absolute Gasteiger partial charge is 0.398 e. The van der Waals surface area contributed by atoms with Gasteiger partial charge in [-0.05, 0) is 24.6 Å². The molecule has 2 N–H and O–H groups in total. The van der Waals surface area contributed by atoms with Crippen molar-refractivity contribution in [2.75, 3.05) is 19.8 Å². The van der Waals surface area contributed by atoms with Crippen molar-refractivity contribution >= 4 is 15.7 Å². The molecular weight excluding hydrogens is 200 g/mol. The Bertz CT molecular complexity index is 438. The molecule has 0 aliphatic heterocycles. The van der Waals surface area contributed by atoms with Crippen LogP contribution < -0.4 is 5.73 Å². The Labute approximate surface area is 84.4 Å². The van der Waals surface area contributed by atoms with Crippen LogP contribution in [-0.2, 0) is 10.0 Å². The number of nitrogens with two attached hydrogens (primary N) is 1. The Balaban J connectivity index is 3.29. The molecule has 0 heterocycles. The van der Waals surface area contributed by atoms with Gasteiger partial charge in [0, 0.05) is 19.8 Å². The molecule has 0 atom stereocenters. The zero-order valence-electron chi connectivity index (χ0n) is 8.48. The second-order valence-corrected chi connectivity index (χ2v) is 5.46. The topological polar surface area (TPSA) is 63.4 Å². The Morgan fingerprint density at radius 2 is 1.86 bits per heavy atom. The number of nitrogen functional groups attached to an aromatic ring is 1. The van der Waals surface area contributed by atoms with Crippen molar-refractivity contribution in [3.05, 3.63) is 23.8 Å². The average molecular weight is 214 g/mol. The summed E-state index contributed by atoms with van der Waals surface area (Å²) >= 11 is 0. The first-order chi connectivity index (χ1) is 6.35. The van der Waals surface area contributed by atoms with Gasteiger partial charge >= 0.3 is 0 Å². The Morgan fingerprint density at radius 3 is 2.29 bits per heavy atom. The zero-order valence-corrected chi connectivity index (χ0v) is 9.30. The molecule has 0 unspecified atom stereocenters. The molecule has 1 rings (SSSR count). The van der Waals surface area contributed by atoms with E-state index in [0.717, 1.165) is 9.87 Å². The van der Waals surface area contributed by atoms with Crippen molar-refractivity contribution in [2.24, 2.45) is 0 Å². The molecule has 0 saturated heterocycles. The third-order valence-electron chi connectivity index (χ3n) is 2.03. The first-order valence-corrected chi connectivity index (χ1v) is 5.58. The molecule has 0 amide bonds. The van der Waals surface area contributed by atoms with Crippen molar-refractivity contribution in [3.8, 4) is 0 Å². The lowest BCUT2D eigenvalue weighted by Gasteiger charge is -2.12. The molecule has 0 saturated carbocycles. The van der Waals surface area contributed by atoms with Crippen molar-refractivity contribution in [3.63, 3.8) is 0 Å². The van der Waals surface area contributed by atoms with Gasteiger partial charge in [0.25, 0.3) is 0 Å². The highest BCUT2D eigenvalue weighted by Gasteiger charge is 2.17. The summed E-state index contributed by atoms with van der Waals surface area (Å²) in [5, 5.41) is 0. The molecule has 0 aromatic heterocycles. The second kappa shape index (κ2) is 3.59.